The van der Waals surface area contributed by atoms with Gasteiger partial charge in [0.15, 0.2) is 0 Å². The minimum Gasteiger partial charge on any atom is -0.480 e. The van der Waals surface area contributed by atoms with Crippen LogP contribution in [0.2, 0.25) is 0 Å². The number of nitrogens with zero attached hydrogens (tertiary/aromatic N) is 3. The first-order chi connectivity index (χ1) is 25.6. The summed E-state index contributed by atoms with van der Waals surface area (Å²) < 4.78 is 0. The van der Waals surface area contributed by atoms with Crippen molar-refractivity contribution in [2.75, 3.05) is 30.3 Å². The number of β-amino-alcohol motifs (C(OH)–C–C–N with tert-alkyl or cyclic N) is 1. The first-order valence-electron chi connectivity index (χ1n) is 18.4. The number of carbonyl (C=O) groups is 3. The monoisotopic (exact) mass is 718 g/mol. The zero-order valence-electron chi connectivity index (χ0n) is 30.1. The van der Waals surface area contributed by atoms with Gasteiger partial charge in [-0.05, 0) is 127 Å². The minimum absolute atomic E-state index is 0.216. The molecule has 6 N–H and O–H groups in total. The number of hydrogen-bond acceptors (Lipinski definition) is 9. The number of hydrogen-bond donors (Lipinski definition) is 6. The number of nitrogens with one attached hydrogen (secondary N) is 3. The largest absolute Gasteiger partial charge is 0.480 e. The third-order valence-electron chi connectivity index (χ3n) is 10.7. The van der Waals surface area contributed by atoms with Crippen molar-refractivity contribution in [2.45, 2.75) is 83.0 Å². The minimum atomic E-state index is -1.13. The van der Waals surface area contributed by atoms with Gasteiger partial charge in [-0.25, -0.2) is 0 Å². The Hall–Kier alpha value is -5.01. The average molecular weight is 719 g/mol. The fourth-order valence-corrected chi connectivity index (χ4v) is 7.23. The fraction of sp³-hybridized carbons (Fsp3) is 0.390. The van der Waals surface area contributed by atoms with Crippen molar-refractivity contribution in [1.29, 1.82) is 0 Å². The maximum absolute atomic E-state index is 13.6. The molecule has 3 heterocycles. The molecule has 276 valence electrons. The molecule has 0 radical (unpaired) electrons. The highest BCUT2D eigenvalue weighted by atomic mass is 16.4. The standard InChI is InChI=1S/C41H46N6O6/c1-23-30(5-3-7-34(23)45-39(50)36-15-32(25-9-10-25)27(17-42-36)18-44-38(22-48)41(52)53)31-6-4-8-35(24(31)2)46-40(51)37-16-33(26-11-12-26)28(19-43-37)20-47-14-13-29(49)21-47/h3-8,15-17,19,25-26,29,38,44,48-49H,9-14,18,20-22H2,1-2H3,(H,45,50)(H,46,51)(H,52,53)/t29-,38+/m0/s1. The predicted molar refractivity (Wildman–Crippen MR) is 201 cm³/mol. The van der Waals surface area contributed by atoms with Gasteiger partial charge in [0.05, 0.1) is 12.7 Å². The van der Waals surface area contributed by atoms with E-state index in [0.29, 0.717) is 29.5 Å². The number of aliphatic hydroxyl groups is 2. The molecular weight excluding hydrogens is 672 g/mol. The van der Waals surface area contributed by atoms with E-state index in [2.05, 4.69) is 30.8 Å². The molecule has 3 fully saturated rings. The smallest absolute Gasteiger partial charge is 0.323 e. The van der Waals surface area contributed by atoms with Crippen molar-refractivity contribution in [3.8, 4) is 11.1 Å². The van der Waals surface area contributed by atoms with Crippen LogP contribution in [-0.2, 0) is 17.9 Å². The second-order valence-corrected chi connectivity index (χ2v) is 14.6. The molecule has 1 aliphatic heterocycles. The Morgan fingerprint density at radius 1 is 0.811 bits per heavy atom. The molecule has 4 aromatic rings. The number of anilines is 2. The van der Waals surface area contributed by atoms with Crippen LogP contribution in [0.15, 0.2) is 60.9 Å². The highest BCUT2D eigenvalue weighted by molar-refractivity contribution is 6.05. The van der Waals surface area contributed by atoms with E-state index in [1.807, 2.05) is 62.5 Å². The molecular formula is C41H46N6O6. The lowest BCUT2D eigenvalue weighted by atomic mass is 9.94. The first kappa shape index (κ1) is 36.4. The van der Waals surface area contributed by atoms with Crippen LogP contribution in [0.25, 0.3) is 11.1 Å². The Bertz CT molecular complexity index is 2040. The van der Waals surface area contributed by atoms with Gasteiger partial charge in [-0.3, -0.25) is 34.6 Å². The molecule has 12 heteroatoms. The first-order valence-corrected chi connectivity index (χ1v) is 18.4. The highest BCUT2D eigenvalue weighted by Gasteiger charge is 2.30. The fourth-order valence-electron chi connectivity index (χ4n) is 7.23. The lowest BCUT2D eigenvalue weighted by molar-refractivity contribution is -0.140. The van der Waals surface area contributed by atoms with E-state index in [1.54, 1.807) is 12.3 Å². The molecule has 2 atom stereocenters. The molecule has 1 saturated heterocycles. The van der Waals surface area contributed by atoms with Gasteiger partial charge in [0, 0.05) is 49.9 Å². The van der Waals surface area contributed by atoms with Gasteiger partial charge in [0.1, 0.15) is 17.4 Å². The van der Waals surface area contributed by atoms with E-state index in [9.17, 15) is 29.7 Å². The molecule has 0 unspecified atom stereocenters. The van der Waals surface area contributed by atoms with Gasteiger partial charge in [0.2, 0.25) is 0 Å². The van der Waals surface area contributed by atoms with Crippen LogP contribution in [0.4, 0.5) is 11.4 Å². The summed E-state index contributed by atoms with van der Waals surface area (Å²) in [5, 5.41) is 37.6. The number of amides is 2. The van der Waals surface area contributed by atoms with E-state index in [0.717, 1.165) is 84.1 Å². The number of aliphatic hydroxyl groups excluding tert-OH is 2. The summed E-state index contributed by atoms with van der Waals surface area (Å²) >= 11 is 0. The van der Waals surface area contributed by atoms with E-state index in [1.165, 1.54) is 5.56 Å². The van der Waals surface area contributed by atoms with E-state index in [-0.39, 0.29) is 36.1 Å². The zero-order valence-corrected chi connectivity index (χ0v) is 30.1. The third-order valence-corrected chi connectivity index (χ3v) is 10.7. The lowest BCUT2D eigenvalue weighted by Gasteiger charge is -2.19. The van der Waals surface area contributed by atoms with Gasteiger partial charge < -0.3 is 26.0 Å². The average Bonchev–Trinajstić information content (AvgIpc) is 4.09. The highest BCUT2D eigenvalue weighted by Crippen LogP contribution is 2.43. The van der Waals surface area contributed by atoms with Crippen molar-refractivity contribution in [2.24, 2.45) is 0 Å². The molecule has 2 amide bonds. The number of benzene rings is 2. The second kappa shape index (κ2) is 15.5. The Morgan fingerprint density at radius 2 is 1.34 bits per heavy atom. The number of aliphatic carboxylic acids is 1. The summed E-state index contributed by atoms with van der Waals surface area (Å²) in [7, 11) is 0. The molecule has 2 saturated carbocycles. The third kappa shape index (κ3) is 8.31. The Morgan fingerprint density at radius 3 is 1.81 bits per heavy atom. The molecule has 7 rings (SSSR count). The maximum Gasteiger partial charge on any atom is 0.323 e. The van der Waals surface area contributed by atoms with Crippen LogP contribution in [0.3, 0.4) is 0 Å². The number of carbonyl (C=O) groups excluding carboxylic acids is 2. The van der Waals surface area contributed by atoms with Crippen LogP contribution >= 0.6 is 0 Å². The maximum atomic E-state index is 13.6. The zero-order chi connectivity index (χ0) is 37.2. The van der Waals surface area contributed by atoms with Crippen LogP contribution in [0.1, 0.15) is 98.3 Å². The number of aromatic nitrogens is 2. The molecule has 53 heavy (non-hydrogen) atoms. The molecule has 2 aromatic carbocycles. The van der Waals surface area contributed by atoms with Crippen LogP contribution in [0.5, 0.6) is 0 Å². The van der Waals surface area contributed by atoms with Gasteiger partial charge in [-0.1, -0.05) is 24.3 Å². The summed E-state index contributed by atoms with van der Waals surface area (Å²) in [6, 6.07) is 14.1. The Labute approximate surface area is 308 Å². The van der Waals surface area contributed by atoms with Crippen molar-refractivity contribution >= 4 is 29.2 Å². The van der Waals surface area contributed by atoms with Gasteiger partial charge in [0.25, 0.3) is 11.8 Å². The van der Waals surface area contributed by atoms with Gasteiger partial charge in [-0.15, -0.1) is 0 Å². The Balaban J connectivity index is 1.06. The van der Waals surface area contributed by atoms with Crippen LogP contribution < -0.4 is 16.0 Å². The number of rotatable bonds is 14. The van der Waals surface area contributed by atoms with E-state index >= 15 is 0 Å². The van der Waals surface area contributed by atoms with Crippen LogP contribution in [-0.4, -0.2) is 79.8 Å². The van der Waals surface area contributed by atoms with Crippen molar-refractivity contribution < 1.29 is 29.7 Å². The summed E-state index contributed by atoms with van der Waals surface area (Å²) in [6.07, 6.45) is 8.10. The second-order valence-electron chi connectivity index (χ2n) is 14.6. The number of carboxylic acids is 1. The molecule has 0 bridgehead atoms. The van der Waals surface area contributed by atoms with E-state index in [4.69, 9.17) is 0 Å². The normalized spacial score (nSPS) is 17.8. The number of pyridine rings is 2. The molecule has 2 aromatic heterocycles. The summed E-state index contributed by atoms with van der Waals surface area (Å²) in [4.78, 5) is 49.7. The van der Waals surface area contributed by atoms with Crippen molar-refractivity contribution in [1.82, 2.24) is 20.2 Å². The number of carboxylic acid groups (broad SMARTS) is 1. The van der Waals surface area contributed by atoms with Crippen molar-refractivity contribution in [3.63, 3.8) is 0 Å². The summed E-state index contributed by atoms with van der Waals surface area (Å²) in [5.74, 6) is -1.04. The molecule has 0 spiro atoms. The quantitative estimate of drug-likeness (QED) is 0.103. The molecule has 12 nitrogen and oxygen atoms in total. The SMILES string of the molecule is Cc1c(NC(=O)c2cc(C3CC3)c(CN[C@H](CO)C(=O)O)cn2)cccc1-c1cccc(NC(=O)c2cc(C3CC3)c(CN3CC[C@H](O)C3)cn2)c1C. The summed E-state index contributed by atoms with van der Waals surface area (Å²) in [6.45, 7) is 5.84. The Kier molecular flexibility index (Phi) is 10.7. The van der Waals surface area contributed by atoms with E-state index < -0.39 is 18.6 Å². The van der Waals surface area contributed by atoms with Crippen LogP contribution in [0, 0.1) is 13.8 Å². The topological polar surface area (TPSA) is 177 Å². The number of likely N-dealkylation sites (tertiary alicyclic amines) is 1. The summed E-state index contributed by atoms with van der Waals surface area (Å²) in [5.41, 5.74) is 9.56. The van der Waals surface area contributed by atoms with Crippen molar-refractivity contribution in [3.05, 3.63) is 106 Å². The lowest BCUT2D eigenvalue weighted by Crippen LogP contribution is -2.39. The molecule has 3 aliphatic rings. The van der Waals surface area contributed by atoms with Gasteiger partial charge >= 0.3 is 5.97 Å². The molecule has 2 aliphatic carbocycles. The predicted octanol–water partition coefficient (Wildman–Crippen LogP) is 5.12. The van der Waals surface area contributed by atoms with Gasteiger partial charge in [-0.2, -0.15) is 0 Å².